The van der Waals surface area contributed by atoms with Gasteiger partial charge < -0.3 is 15.0 Å². The second-order valence-corrected chi connectivity index (χ2v) is 6.71. The predicted octanol–water partition coefficient (Wildman–Crippen LogP) is 3.03. The Kier molecular flexibility index (Phi) is 4.34. The molecule has 4 nitrogen and oxygen atoms in total. The van der Waals surface area contributed by atoms with Crippen LogP contribution in [0.2, 0.25) is 0 Å². The first kappa shape index (κ1) is 14.6. The van der Waals surface area contributed by atoms with Crippen molar-refractivity contribution in [1.82, 2.24) is 9.88 Å². The van der Waals surface area contributed by atoms with Crippen LogP contribution in [0.5, 0.6) is 0 Å². The summed E-state index contributed by atoms with van der Waals surface area (Å²) in [7, 11) is 0. The van der Waals surface area contributed by atoms with E-state index in [1.54, 1.807) is 0 Å². The van der Waals surface area contributed by atoms with E-state index in [1.807, 2.05) is 18.3 Å². The standard InChI is InChI=1S/C17H26N2O2/c20-16(18-13-17(21)10-4-1-5-11-17)15-9-6-12-19(15)14-7-2-3-8-14/h6,9,12,14,21H,1-5,7-8,10-11,13H2,(H,18,20). The lowest BCUT2D eigenvalue weighted by atomic mass is 9.85. The molecule has 0 aromatic carbocycles. The molecule has 21 heavy (non-hydrogen) atoms. The number of aromatic nitrogens is 1. The zero-order valence-corrected chi connectivity index (χ0v) is 12.7. The zero-order chi connectivity index (χ0) is 14.7. The van der Waals surface area contributed by atoms with Crippen molar-refractivity contribution in [2.75, 3.05) is 6.54 Å². The number of nitrogens with zero attached hydrogens (tertiary/aromatic N) is 1. The van der Waals surface area contributed by atoms with Gasteiger partial charge in [-0.2, -0.15) is 0 Å². The van der Waals surface area contributed by atoms with Crippen molar-refractivity contribution >= 4 is 5.91 Å². The minimum atomic E-state index is -0.696. The van der Waals surface area contributed by atoms with Crippen molar-refractivity contribution in [3.05, 3.63) is 24.0 Å². The first-order valence-electron chi connectivity index (χ1n) is 8.35. The van der Waals surface area contributed by atoms with Crippen LogP contribution in [0.3, 0.4) is 0 Å². The highest BCUT2D eigenvalue weighted by Gasteiger charge is 2.30. The van der Waals surface area contributed by atoms with Crippen molar-refractivity contribution < 1.29 is 9.90 Å². The van der Waals surface area contributed by atoms with Gasteiger partial charge in [-0.25, -0.2) is 0 Å². The van der Waals surface area contributed by atoms with Crippen LogP contribution in [0.1, 0.15) is 74.3 Å². The van der Waals surface area contributed by atoms with Gasteiger partial charge in [0.1, 0.15) is 5.69 Å². The van der Waals surface area contributed by atoms with E-state index in [0.717, 1.165) is 31.4 Å². The summed E-state index contributed by atoms with van der Waals surface area (Å²) in [5.74, 6) is -0.0501. The Hall–Kier alpha value is -1.29. The fourth-order valence-electron chi connectivity index (χ4n) is 3.81. The van der Waals surface area contributed by atoms with E-state index in [9.17, 15) is 9.90 Å². The molecule has 0 unspecified atom stereocenters. The minimum Gasteiger partial charge on any atom is -0.388 e. The van der Waals surface area contributed by atoms with E-state index in [2.05, 4.69) is 9.88 Å². The van der Waals surface area contributed by atoms with Gasteiger partial charge in [0.05, 0.1) is 5.60 Å². The predicted molar refractivity (Wildman–Crippen MR) is 82.3 cm³/mol. The number of rotatable bonds is 4. The summed E-state index contributed by atoms with van der Waals surface area (Å²) < 4.78 is 2.12. The molecule has 0 aliphatic heterocycles. The van der Waals surface area contributed by atoms with Crippen molar-refractivity contribution in [2.24, 2.45) is 0 Å². The SMILES string of the molecule is O=C(NCC1(O)CCCCC1)c1cccn1C1CCCC1. The fourth-order valence-corrected chi connectivity index (χ4v) is 3.81. The molecule has 0 bridgehead atoms. The summed E-state index contributed by atoms with van der Waals surface area (Å²) in [5.41, 5.74) is 0.0416. The van der Waals surface area contributed by atoms with Crippen LogP contribution in [-0.4, -0.2) is 27.7 Å². The van der Waals surface area contributed by atoms with Crippen LogP contribution in [0.4, 0.5) is 0 Å². The van der Waals surface area contributed by atoms with Gasteiger partial charge >= 0.3 is 0 Å². The van der Waals surface area contributed by atoms with Gasteiger partial charge in [-0.1, -0.05) is 32.1 Å². The third-order valence-corrected chi connectivity index (χ3v) is 5.09. The van der Waals surface area contributed by atoms with Crippen LogP contribution in [0.15, 0.2) is 18.3 Å². The molecule has 1 aromatic rings. The largest absolute Gasteiger partial charge is 0.388 e. The molecular formula is C17H26N2O2. The zero-order valence-electron chi connectivity index (χ0n) is 12.7. The van der Waals surface area contributed by atoms with E-state index in [1.165, 1.54) is 32.1 Å². The molecule has 3 rings (SSSR count). The monoisotopic (exact) mass is 290 g/mol. The van der Waals surface area contributed by atoms with Gasteiger partial charge in [0.15, 0.2) is 0 Å². The maximum Gasteiger partial charge on any atom is 0.268 e. The van der Waals surface area contributed by atoms with E-state index < -0.39 is 5.60 Å². The third kappa shape index (κ3) is 3.31. The lowest BCUT2D eigenvalue weighted by Gasteiger charge is -2.32. The van der Waals surface area contributed by atoms with Crippen LogP contribution >= 0.6 is 0 Å². The van der Waals surface area contributed by atoms with Gasteiger partial charge in [-0.05, 0) is 37.8 Å². The van der Waals surface area contributed by atoms with Crippen LogP contribution in [0, 0.1) is 0 Å². The molecule has 2 saturated carbocycles. The molecule has 2 N–H and O–H groups in total. The summed E-state index contributed by atoms with van der Waals surface area (Å²) in [6.45, 7) is 0.377. The van der Waals surface area contributed by atoms with Gasteiger partial charge in [-0.3, -0.25) is 4.79 Å². The van der Waals surface area contributed by atoms with Gasteiger partial charge in [-0.15, -0.1) is 0 Å². The Morgan fingerprint density at radius 3 is 2.67 bits per heavy atom. The third-order valence-electron chi connectivity index (χ3n) is 5.09. The first-order valence-corrected chi connectivity index (χ1v) is 8.35. The quantitative estimate of drug-likeness (QED) is 0.895. The summed E-state index contributed by atoms with van der Waals surface area (Å²) >= 11 is 0. The summed E-state index contributed by atoms with van der Waals surface area (Å²) in [6, 6.07) is 4.31. The van der Waals surface area contributed by atoms with Crippen LogP contribution < -0.4 is 5.32 Å². The van der Waals surface area contributed by atoms with Crippen molar-refractivity contribution in [3.8, 4) is 0 Å². The van der Waals surface area contributed by atoms with Gasteiger partial charge in [0, 0.05) is 18.8 Å². The smallest absolute Gasteiger partial charge is 0.268 e. The minimum absolute atomic E-state index is 0.0501. The fraction of sp³-hybridized carbons (Fsp3) is 0.706. The van der Waals surface area contributed by atoms with Crippen molar-refractivity contribution in [1.29, 1.82) is 0 Å². The number of nitrogens with one attached hydrogen (secondary N) is 1. The lowest BCUT2D eigenvalue weighted by Crippen LogP contribution is -2.44. The molecule has 116 valence electrons. The maximum absolute atomic E-state index is 12.4. The summed E-state index contributed by atoms with van der Waals surface area (Å²) in [6.07, 6.45) is 11.8. The molecule has 0 atom stereocenters. The van der Waals surface area contributed by atoms with E-state index >= 15 is 0 Å². The number of carbonyl (C=O) groups is 1. The molecule has 0 radical (unpaired) electrons. The molecule has 4 heteroatoms. The lowest BCUT2D eigenvalue weighted by molar-refractivity contribution is 0.00516. The highest BCUT2D eigenvalue weighted by molar-refractivity contribution is 5.92. The van der Waals surface area contributed by atoms with E-state index in [-0.39, 0.29) is 5.91 Å². The normalized spacial score (nSPS) is 22.3. The van der Waals surface area contributed by atoms with Gasteiger partial charge in [0.25, 0.3) is 5.91 Å². The van der Waals surface area contributed by atoms with Crippen LogP contribution in [0.25, 0.3) is 0 Å². The highest BCUT2D eigenvalue weighted by atomic mass is 16.3. The highest BCUT2D eigenvalue weighted by Crippen LogP contribution is 2.31. The summed E-state index contributed by atoms with van der Waals surface area (Å²) in [4.78, 5) is 12.4. The molecule has 1 heterocycles. The molecular weight excluding hydrogens is 264 g/mol. The summed E-state index contributed by atoms with van der Waals surface area (Å²) in [5, 5.41) is 13.4. The molecule has 0 spiro atoms. The molecule has 2 fully saturated rings. The molecule has 1 amide bonds. The average molecular weight is 290 g/mol. The number of carbonyl (C=O) groups excluding carboxylic acids is 1. The number of amides is 1. The topological polar surface area (TPSA) is 54.3 Å². The maximum atomic E-state index is 12.4. The molecule has 2 aliphatic rings. The van der Waals surface area contributed by atoms with Gasteiger partial charge in [0.2, 0.25) is 0 Å². The molecule has 0 saturated heterocycles. The molecule has 2 aliphatic carbocycles. The number of hydrogen-bond donors (Lipinski definition) is 2. The average Bonchev–Trinajstić information content (AvgIpc) is 3.16. The first-order chi connectivity index (χ1) is 10.2. The Labute approximate surface area is 126 Å². The Morgan fingerprint density at radius 2 is 1.95 bits per heavy atom. The Morgan fingerprint density at radius 1 is 1.24 bits per heavy atom. The van der Waals surface area contributed by atoms with Crippen molar-refractivity contribution in [3.63, 3.8) is 0 Å². The van der Waals surface area contributed by atoms with Crippen LogP contribution in [-0.2, 0) is 0 Å². The molecule has 1 aromatic heterocycles. The number of hydrogen-bond acceptors (Lipinski definition) is 2. The second kappa shape index (κ2) is 6.22. The van der Waals surface area contributed by atoms with E-state index in [0.29, 0.717) is 12.6 Å². The number of aliphatic hydroxyl groups is 1. The second-order valence-electron chi connectivity index (χ2n) is 6.71. The van der Waals surface area contributed by atoms with E-state index in [4.69, 9.17) is 0 Å². The Bertz CT molecular complexity index is 483. The van der Waals surface area contributed by atoms with Crippen molar-refractivity contribution in [2.45, 2.75) is 69.4 Å². The Balaban J connectivity index is 1.61.